The number of ether oxygens (including phenoxy) is 1. The van der Waals surface area contributed by atoms with E-state index in [4.69, 9.17) is 0 Å². The molecule has 0 aliphatic heterocycles. The number of esters is 1. The maximum atomic E-state index is 11.1. The highest BCUT2D eigenvalue weighted by molar-refractivity contribution is 5.83. The summed E-state index contributed by atoms with van der Waals surface area (Å²) in [5.74, 6) is -0.0963. The molecule has 1 aromatic heterocycles. The maximum Gasteiger partial charge on any atom is 0.305 e. The van der Waals surface area contributed by atoms with E-state index in [1.54, 1.807) is 0 Å². The van der Waals surface area contributed by atoms with Crippen molar-refractivity contribution >= 4 is 5.97 Å². The molecular formula is C26H31NO2. The zero-order valence-electron chi connectivity index (χ0n) is 17.3. The van der Waals surface area contributed by atoms with Crippen LogP contribution in [0, 0.1) is 0 Å². The van der Waals surface area contributed by atoms with Crippen LogP contribution in [0.15, 0.2) is 73.1 Å². The number of rotatable bonds is 11. The molecule has 0 spiro atoms. The van der Waals surface area contributed by atoms with Crippen molar-refractivity contribution in [3.63, 3.8) is 0 Å². The summed E-state index contributed by atoms with van der Waals surface area (Å²) in [6.45, 7) is 1.04. The monoisotopic (exact) mass is 389 g/mol. The van der Waals surface area contributed by atoms with Crippen LogP contribution in [0.3, 0.4) is 0 Å². The van der Waals surface area contributed by atoms with Gasteiger partial charge in [-0.25, -0.2) is 0 Å². The first-order valence-electron chi connectivity index (χ1n) is 10.7. The minimum absolute atomic E-state index is 0.0963. The Bertz CT molecular complexity index is 811. The summed E-state index contributed by atoms with van der Waals surface area (Å²) in [5, 5.41) is 0. The van der Waals surface area contributed by atoms with Gasteiger partial charge in [-0.15, -0.1) is 0 Å². The van der Waals surface area contributed by atoms with E-state index >= 15 is 0 Å². The van der Waals surface area contributed by atoms with E-state index in [0.717, 1.165) is 19.4 Å². The molecule has 3 heteroatoms. The number of nitrogens with zero attached hydrogens (tertiary/aromatic N) is 1. The largest absolute Gasteiger partial charge is 0.469 e. The van der Waals surface area contributed by atoms with Crippen LogP contribution in [-0.2, 0) is 16.1 Å². The Kier molecular flexibility index (Phi) is 8.12. The van der Waals surface area contributed by atoms with Gasteiger partial charge >= 0.3 is 5.97 Å². The van der Waals surface area contributed by atoms with E-state index in [1.807, 2.05) is 0 Å². The Balaban J connectivity index is 1.54. The van der Waals surface area contributed by atoms with Gasteiger partial charge in [0.05, 0.1) is 7.11 Å². The average molecular weight is 390 g/mol. The van der Waals surface area contributed by atoms with Crippen LogP contribution in [0.4, 0.5) is 0 Å². The zero-order valence-corrected chi connectivity index (χ0v) is 17.3. The smallest absolute Gasteiger partial charge is 0.305 e. The summed E-state index contributed by atoms with van der Waals surface area (Å²) in [6, 6.07) is 21.2. The van der Waals surface area contributed by atoms with Gasteiger partial charge in [-0.05, 0) is 24.0 Å². The highest BCUT2D eigenvalue weighted by Crippen LogP contribution is 2.33. The number of aryl methyl sites for hydroxylation is 1. The predicted octanol–water partition coefficient (Wildman–Crippen LogP) is 6.73. The maximum absolute atomic E-state index is 11.1. The van der Waals surface area contributed by atoms with Crippen LogP contribution in [0.5, 0.6) is 0 Å². The van der Waals surface area contributed by atoms with E-state index in [9.17, 15) is 4.79 Å². The van der Waals surface area contributed by atoms with E-state index in [0.29, 0.717) is 6.42 Å². The van der Waals surface area contributed by atoms with Crippen LogP contribution >= 0.6 is 0 Å². The van der Waals surface area contributed by atoms with E-state index in [2.05, 4.69) is 82.4 Å². The first kappa shape index (κ1) is 20.9. The first-order chi connectivity index (χ1) is 14.3. The number of aromatic nitrogens is 1. The summed E-state index contributed by atoms with van der Waals surface area (Å²) in [7, 11) is 1.45. The molecule has 0 aliphatic carbocycles. The molecule has 1 heterocycles. The summed E-state index contributed by atoms with van der Waals surface area (Å²) in [5.41, 5.74) is 5.10. The number of hydrogen-bond donors (Lipinski definition) is 0. The summed E-state index contributed by atoms with van der Waals surface area (Å²) in [6.07, 6.45) is 12.0. The fraction of sp³-hybridized carbons (Fsp3) is 0.346. The van der Waals surface area contributed by atoms with Gasteiger partial charge in [-0.2, -0.15) is 0 Å². The Hall–Kier alpha value is -2.81. The van der Waals surface area contributed by atoms with Crippen LogP contribution < -0.4 is 0 Å². The normalized spacial score (nSPS) is 10.8. The molecule has 2 aromatic carbocycles. The molecule has 0 atom stereocenters. The van der Waals surface area contributed by atoms with Gasteiger partial charge in [0, 0.05) is 36.5 Å². The Morgan fingerprint density at radius 2 is 1.21 bits per heavy atom. The lowest BCUT2D eigenvalue weighted by Gasteiger charge is -2.04. The molecule has 3 rings (SSSR count). The highest BCUT2D eigenvalue weighted by atomic mass is 16.5. The van der Waals surface area contributed by atoms with Crippen LogP contribution in [0.25, 0.3) is 22.3 Å². The van der Waals surface area contributed by atoms with Crippen LogP contribution in [0.2, 0.25) is 0 Å². The van der Waals surface area contributed by atoms with Crippen molar-refractivity contribution < 1.29 is 9.53 Å². The van der Waals surface area contributed by atoms with Crippen molar-refractivity contribution in [3.05, 3.63) is 73.1 Å². The van der Waals surface area contributed by atoms with Crippen molar-refractivity contribution in [2.24, 2.45) is 0 Å². The second-order valence-corrected chi connectivity index (χ2v) is 7.50. The van der Waals surface area contributed by atoms with E-state index in [-0.39, 0.29) is 5.97 Å². The Morgan fingerprint density at radius 3 is 1.72 bits per heavy atom. The fourth-order valence-corrected chi connectivity index (χ4v) is 3.71. The minimum atomic E-state index is -0.0963. The first-order valence-corrected chi connectivity index (χ1v) is 10.7. The molecule has 0 saturated carbocycles. The summed E-state index contributed by atoms with van der Waals surface area (Å²) < 4.78 is 7.01. The molecule has 0 aliphatic rings. The molecule has 0 saturated heterocycles. The van der Waals surface area contributed by atoms with Gasteiger partial charge in [0.25, 0.3) is 0 Å². The molecule has 3 aromatic rings. The highest BCUT2D eigenvalue weighted by Gasteiger charge is 2.10. The molecule has 0 radical (unpaired) electrons. The van der Waals surface area contributed by atoms with E-state index in [1.165, 1.54) is 55.0 Å². The molecule has 0 N–H and O–H groups in total. The SMILES string of the molecule is COC(=O)CCCCCCCCn1cc(-c2ccccc2)c(-c2ccccc2)c1. The third kappa shape index (κ3) is 6.35. The van der Waals surface area contributed by atoms with Crippen molar-refractivity contribution in [1.82, 2.24) is 4.57 Å². The van der Waals surface area contributed by atoms with Crippen LogP contribution in [0.1, 0.15) is 44.9 Å². The van der Waals surface area contributed by atoms with E-state index < -0.39 is 0 Å². The number of methoxy groups -OCH3 is 1. The fourth-order valence-electron chi connectivity index (χ4n) is 3.71. The third-order valence-corrected chi connectivity index (χ3v) is 5.32. The van der Waals surface area contributed by atoms with Crippen molar-refractivity contribution in [2.45, 2.75) is 51.5 Å². The Labute approximate surface area is 174 Å². The average Bonchev–Trinajstić information content (AvgIpc) is 3.21. The molecule has 0 bridgehead atoms. The number of carbonyl (C=O) groups excluding carboxylic acids is 1. The summed E-state index contributed by atoms with van der Waals surface area (Å²) >= 11 is 0. The standard InChI is InChI=1S/C26H31NO2/c1-29-26(28)18-12-4-2-3-5-13-19-27-20-24(22-14-8-6-9-15-22)25(21-27)23-16-10-7-11-17-23/h6-11,14-17,20-21H,2-5,12-13,18-19H2,1H3. The zero-order chi connectivity index (χ0) is 20.3. The third-order valence-electron chi connectivity index (χ3n) is 5.32. The molecule has 0 fully saturated rings. The second-order valence-electron chi connectivity index (χ2n) is 7.50. The Morgan fingerprint density at radius 1 is 0.724 bits per heavy atom. The van der Waals surface area contributed by atoms with Gasteiger partial charge in [0.2, 0.25) is 0 Å². The quantitative estimate of drug-likeness (QED) is 0.269. The number of benzene rings is 2. The molecule has 3 nitrogen and oxygen atoms in total. The van der Waals surface area contributed by atoms with Gasteiger partial charge in [0.1, 0.15) is 0 Å². The molecule has 152 valence electrons. The van der Waals surface area contributed by atoms with Crippen molar-refractivity contribution in [1.29, 1.82) is 0 Å². The number of carbonyl (C=O) groups is 1. The van der Waals surface area contributed by atoms with Gasteiger partial charge in [0.15, 0.2) is 0 Å². The molecule has 0 unspecified atom stereocenters. The van der Waals surface area contributed by atoms with Crippen molar-refractivity contribution in [2.75, 3.05) is 7.11 Å². The molecular weight excluding hydrogens is 358 g/mol. The van der Waals surface area contributed by atoms with Gasteiger partial charge < -0.3 is 9.30 Å². The van der Waals surface area contributed by atoms with Crippen LogP contribution in [-0.4, -0.2) is 17.6 Å². The topological polar surface area (TPSA) is 31.2 Å². The van der Waals surface area contributed by atoms with Gasteiger partial charge in [-0.1, -0.05) is 86.3 Å². The minimum Gasteiger partial charge on any atom is -0.469 e. The lowest BCUT2D eigenvalue weighted by molar-refractivity contribution is -0.140. The van der Waals surface area contributed by atoms with Gasteiger partial charge in [-0.3, -0.25) is 4.79 Å². The molecule has 0 amide bonds. The number of hydrogen-bond acceptors (Lipinski definition) is 2. The molecule has 29 heavy (non-hydrogen) atoms. The second kappa shape index (κ2) is 11.3. The summed E-state index contributed by atoms with van der Waals surface area (Å²) in [4.78, 5) is 11.1. The predicted molar refractivity (Wildman–Crippen MR) is 120 cm³/mol. The lowest BCUT2D eigenvalue weighted by atomic mass is 9.99. The lowest BCUT2D eigenvalue weighted by Crippen LogP contribution is -1.99. The number of unbranched alkanes of at least 4 members (excludes halogenated alkanes) is 5. The van der Waals surface area contributed by atoms with Crippen molar-refractivity contribution in [3.8, 4) is 22.3 Å².